The molecule has 0 fully saturated rings. The number of nitrogens with zero attached hydrogens (tertiary/aromatic N) is 2. The number of benzene rings is 3. The Hall–Kier alpha value is -3.48. The van der Waals surface area contributed by atoms with Crippen molar-refractivity contribution in [3.63, 3.8) is 0 Å². The number of aliphatic carboxylic acids is 1. The third-order valence-corrected chi connectivity index (χ3v) is 6.39. The first kappa shape index (κ1) is 25.6. The van der Waals surface area contributed by atoms with Gasteiger partial charge in [0.25, 0.3) is 5.91 Å². The van der Waals surface area contributed by atoms with Gasteiger partial charge in [-0.15, -0.1) is 0 Å². The number of rotatable bonds is 9. The highest BCUT2D eigenvalue weighted by Gasteiger charge is 2.15. The summed E-state index contributed by atoms with van der Waals surface area (Å²) in [6.07, 6.45) is 1.87. The maximum Gasteiger partial charge on any atom is 0.303 e. The molecular weight excluding hydrogens is 497 g/mol. The summed E-state index contributed by atoms with van der Waals surface area (Å²) in [5, 5.41) is 13.2. The average Bonchev–Trinajstić information content (AvgIpc) is 2.86. The molecule has 0 spiro atoms. The molecule has 184 valence electrons. The third-order valence-electron chi connectivity index (χ3n) is 5.89. The molecule has 0 aliphatic heterocycles. The van der Waals surface area contributed by atoms with Crippen LogP contribution in [0, 0.1) is 0 Å². The molecule has 0 aliphatic carbocycles. The molecule has 2 N–H and O–H groups in total. The van der Waals surface area contributed by atoms with Crippen LogP contribution >= 0.6 is 23.2 Å². The van der Waals surface area contributed by atoms with E-state index in [9.17, 15) is 9.59 Å². The zero-order valence-corrected chi connectivity index (χ0v) is 21.2. The van der Waals surface area contributed by atoms with Crippen LogP contribution in [0.2, 0.25) is 10.0 Å². The van der Waals surface area contributed by atoms with Gasteiger partial charge in [-0.1, -0.05) is 47.5 Å². The van der Waals surface area contributed by atoms with Gasteiger partial charge in [-0.25, -0.2) is 9.97 Å². The summed E-state index contributed by atoms with van der Waals surface area (Å²) < 4.78 is 0. The first-order chi connectivity index (χ1) is 17.3. The lowest BCUT2D eigenvalue weighted by molar-refractivity contribution is -0.137. The highest BCUT2D eigenvalue weighted by molar-refractivity contribution is 6.30. The van der Waals surface area contributed by atoms with Gasteiger partial charge >= 0.3 is 5.97 Å². The third kappa shape index (κ3) is 6.39. The summed E-state index contributed by atoms with van der Waals surface area (Å²) in [7, 11) is 0. The molecule has 0 bridgehead atoms. The number of carbonyl (C=O) groups is 2. The number of carboxylic acid groups (broad SMARTS) is 1. The van der Waals surface area contributed by atoms with E-state index in [0.29, 0.717) is 45.9 Å². The Kier molecular flexibility index (Phi) is 8.18. The predicted octanol–water partition coefficient (Wildman–Crippen LogP) is 6.89. The van der Waals surface area contributed by atoms with Crippen molar-refractivity contribution in [3.8, 4) is 11.3 Å². The Labute approximate surface area is 219 Å². The number of amides is 1. The van der Waals surface area contributed by atoms with E-state index in [4.69, 9.17) is 38.3 Å². The van der Waals surface area contributed by atoms with Gasteiger partial charge in [-0.05, 0) is 74.2 Å². The first-order valence-electron chi connectivity index (χ1n) is 11.6. The van der Waals surface area contributed by atoms with Crippen LogP contribution in [-0.2, 0) is 11.2 Å². The van der Waals surface area contributed by atoms with Crippen molar-refractivity contribution < 1.29 is 14.7 Å². The molecule has 0 radical (unpaired) electrons. The number of hydrogen-bond donors (Lipinski definition) is 2. The minimum Gasteiger partial charge on any atom is -0.481 e. The van der Waals surface area contributed by atoms with Gasteiger partial charge in [0.2, 0.25) is 0 Å². The van der Waals surface area contributed by atoms with Crippen molar-refractivity contribution in [1.82, 2.24) is 15.3 Å². The van der Waals surface area contributed by atoms with E-state index in [1.54, 1.807) is 42.5 Å². The van der Waals surface area contributed by atoms with Crippen LogP contribution in [-0.4, -0.2) is 27.0 Å². The first-order valence-corrected chi connectivity index (χ1v) is 12.4. The van der Waals surface area contributed by atoms with E-state index in [1.807, 2.05) is 31.2 Å². The maximum atomic E-state index is 13.0. The van der Waals surface area contributed by atoms with E-state index < -0.39 is 5.97 Å². The van der Waals surface area contributed by atoms with Crippen LogP contribution in [0.4, 0.5) is 0 Å². The number of aryl methyl sites for hydroxylation is 1. The smallest absolute Gasteiger partial charge is 0.303 e. The van der Waals surface area contributed by atoms with Gasteiger partial charge in [-0.2, -0.15) is 0 Å². The summed E-state index contributed by atoms with van der Waals surface area (Å²) >= 11 is 12.0. The van der Waals surface area contributed by atoms with Gasteiger partial charge in [0.15, 0.2) is 0 Å². The number of carbonyl (C=O) groups excluding carboxylic acids is 1. The number of nitrogens with one attached hydrogen (secondary N) is 1. The molecule has 0 aliphatic rings. The predicted molar refractivity (Wildman–Crippen MR) is 143 cm³/mol. The van der Waals surface area contributed by atoms with E-state index in [0.717, 1.165) is 22.5 Å². The minimum absolute atomic E-state index is 0.105. The van der Waals surface area contributed by atoms with Crippen molar-refractivity contribution in [3.05, 3.63) is 93.6 Å². The van der Waals surface area contributed by atoms with Crippen molar-refractivity contribution in [2.45, 2.75) is 38.6 Å². The number of halogens is 2. The van der Waals surface area contributed by atoms with E-state index in [1.165, 1.54) is 0 Å². The molecule has 1 amide bonds. The molecule has 8 heteroatoms. The second-order valence-corrected chi connectivity index (χ2v) is 9.45. The quantitative estimate of drug-likeness (QED) is 0.234. The molecule has 36 heavy (non-hydrogen) atoms. The van der Waals surface area contributed by atoms with Crippen LogP contribution < -0.4 is 5.32 Å². The second kappa shape index (κ2) is 11.5. The van der Waals surface area contributed by atoms with Crippen molar-refractivity contribution in [2.24, 2.45) is 0 Å². The highest BCUT2D eigenvalue weighted by atomic mass is 35.5. The zero-order valence-electron chi connectivity index (χ0n) is 19.7. The minimum atomic E-state index is -0.819. The topological polar surface area (TPSA) is 92.2 Å². The van der Waals surface area contributed by atoms with E-state index >= 15 is 0 Å². The molecule has 1 unspecified atom stereocenters. The largest absolute Gasteiger partial charge is 0.481 e. The fourth-order valence-corrected chi connectivity index (χ4v) is 4.18. The van der Waals surface area contributed by atoms with Crippen LogP contribution in [0.25, 0.3) is 22.3 Å². The number of carboxylic acids is 1. The van der Waals surface area contributed by atoms with Crippen LogP contribution in [0.1, 0.15) is 53.8 Å². The van der Waals surface area contributed by atoms with Crippen molar-refractivity contribution >= 4 is 46.1 Å². The highest BCUT2D eigenvalue weighted by Crippen LogP contribution is 2.27. The summed E-state index contributed by atoms with van der Waals surface area (Å²) in [6, 6.07) is 19.8. The number of hydrogen-bond acceptors (Lipinski definition) is 4. The Morgan fingerprint density at radius 3 is 2.22 bits per heavy atom. The number of unbranched alkanes of at least 4 members (excludes halogenated alkanes) is 1. The maximum absolute atomic E-state index is 13.0. The molecule has 0 saturated carbocycles. The molecule has 1 atom stereocenters. The lowest BCUT2D eigenvalue weighted by atomic mass is 10.0. The van der Waals surface area contributed by atoms with E-state index in [2.05, 4.69) is 5.32 Å². The van der Waals surface area contributed by atoms with Gasteiger partial charge in [0.05, 0.1) is 28.5 Å². The molecular formula is C28H25Cl2N3O3. The molecule has 4 rings (SSSR count). The molecule has 1 heterocycles. The second-order valence-electron chi connectivity index (χ2n) is 8.58. The molecule has 1 aromatic heterocycles. The fourth-order valence-electron chi connectivity index (χ4n) is 3.93. The Morgan fingerprint density at radius 1 is 0.889 bits per heavy atom. The van der Waals surface area contributed by atoms with Crippen molar-refractivity contribution in [1.29, 1.82) is 0 Å². The lowest BCUT2D eigenvalue weighted by Crippen LogP contribution is -2.26. The zero-order chi connectivity index (χ0) is 25.7. The normalized spacial score (nSPS) is 11.9. The van der Waals surface area contributed by atoms with Crippen LogP contribution in [0.15, 0.2) is 66.7 Å². The molecule has 3 aromatic carbocycles. The number of aromatic nitrogens is 2. The SMILES string of the molecule is CC(NC(=O)c1ccc2nc(-c3ccc(Cl)cc3)c(CCCCC(=O)O)nc2c1)c1ccc(Cl)cc1. The van der Waals surface area contributed by atoms with Crippen molar-refractivity contribution in [2.75, 3.05) is 0 Å². The Balaban J connectivity index is 1.62. The fraction of sp³-hybridized carbons (Fsp3) is 0.214. The lowest BCUT2D eigenvalue weighted by Gasteiger charge is -2.15. The standard InChI is InChI=1S/C28H25Cl2N3O3/c1-17(18-6-11-21(29)12-7-18)31-28(36)20-10-15-23-25(16-20)32-24(4-2-3-5-26(34)35)27(33-23)19-8-13-22(30)14-9-19/h6-17H,2-5H2,1H3,(H,31,36)(H,34,35). The van der Waals surface area contributed by atoms with Gasteiger partial charge in [-0.3, -0.25) is 9.59 Å². The summed E-state index contributed by atoms with van der Waals surface area (Å²) in [4.78, 5) is 33.6. The van der Waals surface area contributed by atoms with Gasteiger partial charge in [0.1, 0.15) is 0 Å². The summed E-state index contributed by atoms with van der Waals surface area (Å²) in [6.45, 7) is 1.91. The van der Waals surface area contributed by atoms with Crippen LogP contribution in [0.3, 0.4) is 0 Å². The molecule has 0 saturated heterocycles. The summed E-state index contributed by atoms with van der Waals surface area (Å²) in [5.74, 6) is -1.04. The van der Waals surface area contributed by atoms with Crippen LogP contribution in [0.5, 0.6) is 0 Å². The van der Waals surface area contributed by atoms with Gasteiger partial charge in [0, 0.05) is 27.6 Å². The Bertz CT molecular complexity index is 1390. The average molecular weight is 522 g/mol. The molecule has 6 nitrogen and oxygen atoms in total. The monoisotopic (exact) mass is 521 g/mol. The van der Waals surface area contributed by atoms with E-state index in [-0.39, 0.29) is 18.4 Å². The summed E-state index contributed by atoms with van der Waals surface area (Å²) in [5.41, 5.74) is 5.05. The molecule has 4 aromatic rings. The van der Waals surface area contributed by atoms with Gasteiger partial charge < -0.3 is 10.4 Å². The Morgan fingerprint density at radius 2 is 1.56 bits per heavy atom. The number of fused-ring (bicyclic) bond motifs is 1.